The molecule has 0 bridgehead atoms. The fourth-order valence-corrected chi connectivity index (χ4v) is 4.71. The summed E-state index contributed by atoms with van der Waals surface area (Å²) in [5, 5.41) is 12.9. The van der Waals surface area contributed by atoms with Gasteiger partial charge in [-0.2, -0.15) is 9.64 Å². The molecule has 29 heavy (non-hydrogen) atoms. The Bertz CT molecular complexity index is 1120. The SMILES string of the molecule is CNc1c(C)nsc1-c1ccc(-c2ccc(C3(C(=O)OC)CC3)cc2)cc1C#N. The zero-order valence-electron chi connectivity index (χ0n) is 16.6. The van der Waals surface area contributed by atoms with Crippen molar-refractivity contribution in [2.45, 2.75) is 25.2 Å². The minimum atomic E-state index is -0.470. The van der Waals surface area contributed by atoms with Gasteiger partial charge in [-0.15, -0.1) is 0 Å². The van der Waals surface area contributed by atoms with Gasteiger partial charge < -0.3 is 10.1 Å². The summed E-state index contributed by atoms with van der Waals surface area (Å²) in [5.41, 5.74) is 5.87. The first kappa shape index (κ1) is 19.2. The molecule has 1 aliphatic rings. The topological polar surface area (TPSA) is 75.0 Å². The van der Waals surface area contributed by atoms with Crippen LogP contribution in [0.25, 0.3) is 21.6 Å². The molecule has 0 aliphatic heterocycles. The lowest BCUT2D eigenvalue weighted by Gasteiger charge is -2.14. The molecule has 1 N–H and O–H groups in total. The Hall–Kier alpha value is -3.17. The summed E-state index contributed by atoms with van der Waals surface area (Å²) in [4.78, 5) is 13.1. The van der Waals surface area contributed by atoms with Crippen molar-refractivity contribution in [3.63, 3.8) is 0 Å². The van der Waals surface area contributed by atoms with E-state index in [1.54, 1.807) is 0 Å². The number of esters is 1. The average Bonchev–Trinajstić information content (AvgIpc) is 3.50. The highest BCUT2D eigenvalue weighted by atomic mass is 32.1. The molecule has 4 rings (SSSR count). The Labute approximate surface area is 174 Å². The number of nitrogens with zero attached hydrogens (tertiary/aromatic N) is 2. The molecule has 1 saturated carbocycles. The van der Waals surface area contributed by atoms with Crippen LogP contribution in [0.4, 0.5) is 5.69 Å². The maximum Gasteiger partial charge on any atom is 0.316 e. The van der Waals surface area contributed by atoms with Crippen LogP contribution >= 0.6 is 11.5 Å². The van der Waals surface area contributed by atoms with E-state index in [0.717, 1.165) is 51.4 Å². The second-order valence-electron chi connectivity index (χ2n) is 7.25. The standard InChI is InChI=1S/C23H21N3O2S/c1-14-20(25-2)21(29-26-14)19-9-6-16(12-17(19)13-24)15-4-7-18(8-5-15)23(10-11-23)22(27)28-3/h4-9,12,25H,10-11H2,1-3H3. The monoisotopic (exact) mass is 403 g/mol. The van der Waals surface area contributed by atoms with Crippen molar-refractivity contribution in [3.8, 4) is 27.6 Å². The molecule has 0 unspecified atom stereocenters. The van der Waals surface area contributed by atoms with E-state index in [1.165, 1.54) is 18.6 Å². The van der Waals surface area contributed by atoms with E-state index < -0.39 is 5.41 Å². The highest BCUT2D eigenvalue weighted by Crippen LogP contribution is 2.49. The second-order valence-corrected chi connectivity index (χ2v) is 8.02. The van der Waals surface area contributed by atoms with Gasteiger partial charge in [0.15, 0.2) is 0 Å². The fourth-order valence-electron chi connectivity index (χ4n) is 3.78. The number of aromatic nitrogens is 1. The minimum Gasteiger partial charge on any atom is -0.468 e. The van der Waals surface area contributed by atoms with Crippen molar-refractivity contribution < 1.29 is 9.53 Å². The first-order chi connectivity index (χ1) is 14.0. The molecule has 0 saturated heterocycles. The zero-order chi connectivity index (χ0) is 20.6. The van der Waals surface area contributed by atoms with Crippen LogP contribution < -0.4 is 5.32 Å². The van der Waals surface area contributed by atoms with Gasteiger partial charge in [0.05, 0.1) is 40.4 Å². The summed E-state index contributed by atoms with van der Waals surface area (Å²) in [6.45, 7) is 1.95. The maximum absolute atomic E-state index is 12.1. The molecule has 1 fully saturated rings. The van der Waals surface area contributed by atoms with Crippen molar-refractivity contribution in [2.75, 3.05) is 19.5 Å². The summed E-state index contributed by atoms with van der Waals surface area (Å²) in [7, 11) is 3.30. The molecule has 5 nitrogen and oxygen atoms in total. The lowest BCUT2D eigenvalue weighted by atomic mass is 9.92. The minimum absolute atomic E-state index is 0.165. The zero-order valence-corrected chi connectivity index (χ0v) is 17.4. The van der Waals surface area contributed by atoms with Crippen molar-refractivity contribution in [1.29, 1.82) is 5.26 Å². The molecule has 146 valence electrons. The van der Waals surface area contributed by atoms with E-state index in [0.29, 0.717) is 5.56 Å². The van der Waals surface area contributed by atoms with Crippen LogP contribution in [-0.2, 0) is 14.9 Å². The van der Waals surface area contributed by atoms with E-state index >= 15 is 0 Å². The van der Waals surface area contributed by atoms with Crippen molar-refractivity contribution in [3.05, 3.63) is 59.3 Å². The van der Waals surface area contributed by atoms with Gasteiger partial charge in [-0.25, -0.2) is 0 Å². The number of rotatable bonds is 5. The molecule has 3 aromatic rings. The number of ether oxygens (including phenoxy) is 1. The average molecular weight is 404 g/mol. The van der Waals surface area contributed by atoms with Crippen LogP contribution in [0, 0.1) is 18.3 Å². The predicted molar refractivity (Wildman–Crippen MR) is 115 cm³/mol. The van der Waals surface area contributed by atoms with Gasteiger partial charge in [0, 0.05) is 12.6 Å². The van der Waals surface area contributed by atoms with Crippen LogP contribution in [-0.4, -0.2) is 24.5 Å². The molecule has 0 amide bonds. The van der Waals surface area contributed by atoms with Crippen LogP contribution in [0.2, 0.25) is 0 Å². The first-order valence-electron chi connectivity index (χ1n) is 9.42. The first-order valence-corrected chi connectivity index (χ1v) is 10.2. The Morgan fingerprint density at radius 2 is 1.90 bits per heavy atom. The molecular weight excluding hydrogens is 382 g/mol. The number of hydrogen-bond donors (Lipinski definition) is 1. The molecule has 1 aliphatic carbocycles. The van der Waals surface area contributed by atoms with E-state index in [1.807, 2.05) is 56.4 Å². The van der Waals surface area contributed by atoms with Crippen LogP contribution in [0.5, 0.6) is 0 Å². The highest BCUT2D eigenvalue weighted by molar-refractivity contribution is 7.10. The van der Waals surface area contributed by atoms with E-state index in [4.69, 9.17) is 4.74 Å². The third-order valence-electron chi connectivity index (χ3n) is 5.59. The lowest BCUT2D eigenvalue weighted by molar-refractivity contribution is -0.143. The molecule has 6 heteroatoms. The summed E-state index contributed by atoms with van der Waals surface area (Å²) < 4.78 is 9.38. The van der Waals surface area contributed by atoms with Crippen molar-refractivity contribution >= 4 is 23.2 Å². The predicted octanol–water partition coefficient (Wildman–Crippen LogP) is 4.90. The number of nitrogens with one attached hydrogen (secondary N) is 1. The highest BCUT2D eigenvalue weighted by Gasteiger charge is 2.52. The smallest absolute Gasteiger partial charge is 0.316 e. The number of hydrogen-bond acceptors (Lipinski definition) is 6. The van der Waals surface area contributed by atoms with Gasteiger partial charge in [-0.05, 0) is 54.1 Å². The second kappa shape index (κ2) is 7.34. The van der Waals surface area contributed by atoms with Crippen LogP contribution in [0.15, 0.2) is 42.5 Å². The van der Waals surface area contributed by atoms with Crippen LogP contribution in [0.1, 0.15) is 29.7 Å². The summed E-state index contributed by atoms with van der Waals surface area (Å²) in [5.74, 6) is -0.165. The normalized spacial score (nSPS) is 14.1. The van der Waals surface area contributed by atoms with Crippen LogP contribution in [0.3, 0.4) is 0 Å². The number of benzene rings is 2. The molecule has 0 radical (unpaired) electrons. The van der Waals surface area contributed by atoms with Gasteiger partial charge in [-0.1, -0.05) is 36.4 Å². The molecule has 2 aromatic carbocycles. The van der Waals surface area contributed by atoms with Gasteiger partial charge in [-0.3, -0.25) is 4.79 Å². The molecule has 1 heterocycles. The number of carbonyl (C=O) groups excluding carboxylic acids is 1. The van der Waals surface area contributed by atoms with Gasteiger partial charge >= 0.3 is 5.97 Å². The number of methoxy groups -OCH3 is 1. The molecule has 0 atom stereocenters. The van der Waals surface area contributed by atoms with E-state index in [-0.39, 0.29) is 5.97 Å². The molecule has 1 aromatic heterocycles. The fraction of sp³-hybridized carbons (Fsp3) is 0.261. The van der Waals surface area contributed by atoms with Gasteiger partial charge in [0.1, 0.15) is 0 Å². The third-order valence-corrected chi connectivity index (χ3v) is 6.57. The largest absolute Gasteiger partial charge is 0.468 e. The number of carbonyl (C=O) groups is 1. The number of aryl methyl sites for hydroxylation is 1. The van der Waals surface area contributed by atoms with Gasteiger partial charge in [0.2, 0.25) is 0 Å². The van der Waals surface area contributed by atoms with Crippen molar-refractivity contribution in [1.82, 2.24) is 4.37 Å². The van der Waals surface area contributed by atoms with E-state index in [9.17, 15) is 10.1 Å². The Balaban J connectivity index is 1.68. The Morgan fingerprint density at radius 3 is 2.48 bits per heavy atom. The summed E-state index contributed by atoms with van der Waals surface area (Å²) >= 11 is 1.39. The summed E-state index contributed by atoms with van der Waals surface area (Å²) in [6, 6.07) is 16.2. The summed E-state index contributed by atoms with van der Waals surface area (Å²) in [6.07, 6.45) is 1.66. The van der Waals surface area contributed by atoms with Gasteiger partial charge in [0.25, 0.3) is 0 Å². The quantitative estimate of drug-likeness (QED) is 0.613. The van der Waals surface area contributed by atoms with E-state index in [2.05, 4.69) is 15.8 Å². The Kier molecular flexibility index (Phi) is 4.85. The number of nitriles is 1. The maximum atomic E-state index is 12.1. The molecule has 0 spiro atoms. The third kappa shape index (κ3) is 3.18. The lowest BCUT2D eigenvalue weighted by Crippen LogP contribution is -2.21. The number of anilines is 1. The molecular formula is C23H21N3O2S. The Morgan fingerprint density at radius 1 is 1.21 bits per heavy atom. The van der Waals surface area contributed by atoms with Crippen molar-refractivity contribution in [2.24, 2.45) is 0 Å².